The molecule has 0 aromatic heterocycles. The summed E-state index contributed by atoms with van der Waals surface area (Å²) >= 11 is 0. The van der Waals surface area contributed by atoms with Crippen molar-refractivity contribution in [2.24, 2.45) is 0 Å². The Bertz CT molecular complexity index is 792. The van der Waals surface area contributed by atoms with Gasteiger partial charge in [-0.15, -0.1) is 0 Å². The molecule has 0 spiro atoms. The zero-order chi connectivity index (χ0) is 18.6. The molecule has 0 heterocycles. The monoisotopic (exact) mass is 338 g/mol. The van der Waals surface area contributed by atoms with Crippen molar-refractivity contribution in [3.05, 3.63) is 63.8 Å². The first-order valence-corrected chi connectivity index (χ1v) is 8.59. The van der Waals surface area contributed by atoms with Crippen LogP contribution in [0.5, 0.6) is 5.75 Å². The second-order valence-corrected chi connectivity index (χ2v) is 6.65. The maximum absolute atomic E-state index is 11.8. The first-order chi connectivity index (χ1) is 11.8. The standard InChI is InChI=1S/C22H26O3/c1-14(6-8-18-13-19(23)9-11-21(18)24)7-10-20-15(2)12-22(25-5)17(4)16(20)3/h6,9,11-13H,7-8,10H2,1-5H3/b14-6+. The normalized spacial score (nSPS) is 14.8. The minimum Gasteiger partial charge on any atom is -0.496 e. The van der Waals surface area contributed by atoms with Crippen LogP contribution in [-0.4, -0.2) is 18.7 Å². The van der Waals surface area contributed by atoms with Crippen molar-refractivity contribution in [1.82, 2.24) is 0 Å². The van der Waals surface area contributed by atoms with Crippen LogP contribution >= 0.6 is 0 Å². The van der Waals surface area contributed by atoms with E-state index in [1.54, 1.807) is 7.11 Å². The quantitative estimate of drug-likeness (QED) is 0.565. The molecule has 0 fully saturated rings. The van der Waals surface area contributed by atoms with Crippen LogP contribution in [0, 0.1) is 20.8 Å². The molecule has 0 unspecified atom stereocenters. The highest BCUT2D eigenvalue weighted by Gasteiger charge is 2.13. The number of carbonyl (C=O) groups is 2. The van der Waals surface area contributed by atoms with E-state index < -0.39 is 0 Å². The predicted octanol–water partition coefficient (Wildman–Crippen LogP) is 4.52. The maximum Gasteiger partial charge on any atom is 0.182 e. The van der Waals surface area contributed by atoms with Gasteiger partial charge in [0.2, 0.25) is 0 Å². The Kier molecular flexibility index (Phi) is 6.13. The Hall–Kier alpha value is -2.42. The van der Waals surface area contributed by atoms with Gasteiger partial charge in [0.05, 0.1) is 7.11 Å². The van der Waals surface area contributed by atoms with Crippen molar-refractivity contribution >= 4 is 11.6 Å². The Labute approximate surface area is 150 Å². The Morgan fingerprint density at radius 2 is 1.84 bits per heavy atom. The van der Waals surface area contributed by atoms with Gasteiger partial charge in [0.15, 0.2) is 11.6 Å². The highest BCUT2D eigenvalue weighted by Crippen LogP contribution is 2.29. The lowest BCUT2D eigenvalue weighted by molar-refractivity contribution is -0.114. The van der Waals surface area contributed by atoms with Crippen molar-refractivity contribution in [1.29, 1.82) is 0 Å². The topological polar surface area (TPSA) is 43.4 Å². The molecule has 1 aliphatic rings. The van der Waals surface area contributed by atoms with Gasteiger partial charge in [0.1, 0.15) is 5.75 Å². The van der Waals surface area contributed by atoms with Gasteiger partial charge in [-0.2, -0.15) is 0 Å². The Morgan fingerprint density at radius 3 is 2.52 bits per heavy atom. The maximum atomic E-state index is 11.8. The predicted molar refractivity (Wildman–Crippen MR) is 101 cm³/mol. The van der Waals surface area contributed by atoms with Crippen molar-refractivity contribution in [3.63, 3.8) is 0 Å². The molecule has 1 aromatic rings. The van der Waals surface area contributed by atoms with E-state index >= 15 is 0 Å². The molecule has 3 nitrogen and oxygen atoms in total. The smallest absolute Gasteiger partial charge is 0.182 e. The number of ether oxygens (including phenoxy) is 1. The highest BCUT2D eigenvalue weighted by atomic mass is 16.5. The number of ketones is 2. The minimum atomic E-state index is -0.111. The third-order valence-electron chi connectivity index (χ3n) is 4.90. The molecular formula is C22H26O3. The molecule has 2 rings (SSSR count). The van der Waals surface area contributed by atoms with Gasteiger partial charge in [-0.05, 0) is 93.5 Å². The van der Waals surface area contributed by atoms with Gasteiger partial charge in [-0.1, -0.05) is 11.6 Å². The van der Waals surface area contributed by atoms with Crippen molar-refractivity contribution < 1.29 is 14.3 Å². The average molecular weight is 338 g/mol. The SMILES string of the molecule is COc1cc(C)c(CC/C(C)=C/CC2=CC(=O)C=CC2=O)c(C)c1C. The molecule has 0 atom stereocenters. The molecule has 0 saturated carbocycles. The summed E-state index contributed by atoms with van der Waals surface area (Å²) < 4.78 is 5.43. The number of allylic oxidation sites excluding steroid dienone is 6. The number of hydrogen-bond acceptors (Lipinski definition) is 3. The second kappa shape index (κ2) is 8.11. The summed E-state index contributed by atoms with van der Waals surface area (Å²) in [6.07, 6.45) is 8.56. The zero-order valence-electron chi connectivity index (χ0n) is 15.7. The van der Waals surface area contributed by atoms with E-state index in [4.69, 9.17) is 4.74 Å². The van der Waals surface area contributed by atoms with Crippen LogP contribution in [0.1, 0.15) is 42.0 Å². The summed E-state index contributed by atoms with van der Waals surface area (Å²) in [5, 5.41) is 0. The summed E-state index contributed by atoms with van der Waals surface area (Å²) in [5.74, 6) is 0.758. The number of carbonyl (C=O) groups excluding carboxylic acids is 2. The van der Waals surface area contributed by atoms with Crippen LogP contribution in [0.4, 0.5) is 0 Å². The summed E-state index contributed by atoms with van der Waals surface area (Å²) in [6.45, 7) is 8.42. The molecule has 1 aliphatic carbocycles. The minimum absolute atomic E-state index is 0.0684. The molecule has 0 radical (unpaired) electrons. The van der Waals surface area contributed by atoms with Crippen LogP contribution < -0.4 is 4.74 Å². The second-order valence-electron chi connectivity index (χ2n) is 6.65. The summed E-state index contributed by atoms with van der Waals surface area (Å²) in [4.78, 5) is 23.2. The number of aryl methyl sites for hydroxylation is 1. The number of hydrogen-bond donors (Lipinski definition) is 0. The third kappa shape index (κ3) is 4.56. The van der Waals surface area contributed by atoms with E-state index in [-0.39, 0.29) is 11.6 Å². The molecule has 0 N–H and O–H groups in total. The highest BCUT2D eigenvalue weighted by molar-refractivity contribution is 6.17. The van der Waals surface area contributed by atoms with Crippen LogP contribution in [0.25, 0.3) is 0 Å². The van der Waals surface area contributed by atoms with Gasteiger partial charge < -0.3 is 4.74 Å². The fourth-order valence-corrected chi connectivity index (χ4v) is 3.12. The lowest BCUT2D eigenvalue weighted by atomic mass is 9.92. The Balaban J connectivity index is 2.05. The van der Waals surface area contributed by atoms with Crippen LogP contribution in [-0.2, 0) is 16.0 Å². The van der Waals surface area contributed by atoms with Crippen LogP contribution in [0.15, 0.2) is 41.5 Å². The summed E-state index contributed by atoms with van der Waals surface area (Å²) in [7, 11) is 1.70. The molecule has 0 aliphatic heterocycles. The fourth-order valence-electron chi connectivity index (χ4n) is 3.12. The number of rotatable bonds is 6. The van der Waals surface area contributed by atoms with E-state index in [0.29, 0.717) is 12.0 Å². The van der Waals surface area contributed by atoms with Gasteiger partial charge in [-0.25, -0.2) is 0 Å². The summed E-state index contributed by atoms with van der Waals surface area (Å²) in [6, 6.07) is 2.10. The largest absolute Gasteiger partial charge is 0.496 e. The molecule has 132 valence electrons. The molecule has 0 saturated heterocycles. The van der Waals surface area contributed by atoms with Crippen molar-refractivity contribution in [3.8, 4) is 5.75 Å². The fraction of sp³-hybridized carbons (Fsp3) is 0.364. The van der Waals surface area contributed by atoms with Crippen molar-refractivity contribution in [2.45, 2.75) is 47.0 Å². The van der Waals surface area contributed by atoms with E-state index in [0.717, 1.165) is 18.6 Å². The zero-order valence-corrected chi connectivity index (χ0v) is 15.7. The molecule has 3 heteroatoms. The molecular weight excluding hydrogens is 312 g/mol. The van der Waals surface area contributed by atoms with Gasteiger partial charge in [0.25, 0.3) is 0 Å². The molecule has 0 amide bonds. The lowest BCUT2D eigenvalue weighted by Crippen LogP contribution is -2.07. The van der Waals surface area contributed by atoms with Gasteiger partial charge in [-0.3, -0.25) is 9.59 Å². The van der Waals surface area contributed by atoms with Crippen molar-refractivity contribution in [2.75, 3.05) is 7.11 Å². The first-order valence-electron chi connectivity index (χ1n) is 8.59. The number of methoxy groups -OCH3 is 1. The number of benzene rings is 1. The van der Waals surface area contributed by atoms with E-state index in [1.165, 1.54) is 46.1 Å². The van der Waals surface area contributed by atoms with Crippen LogP contribution in [0.3, 0.4) is 0 Å². The third-order valence-corrected chi connectivity index (χ3v) is 4.90. The van der Waals surface area contributed by atoms with E-state index in [9.17, 15) is 9.59 Å². The lowest BCUT2D eigenvalue weighted by Gasteiger charge is -2.16. The summed E-state index contributed by atoms with van der Waals surface area (Å²) in [5.41, 5.74) is 6.87. The average Bonchev–Trinajstić information content (AvgIpc) is 2.58. The van der Waals surface area contributed by atoms with Crippen LogP contribution in [0.2, 0.25) is 0 Å². The van der Waals surface area contributed by atoms with Gasteiger partial charge >= 0.3 is 0 Å². The first kappa shape index (κ1) is 18.9. The van der Waals surface area contributed by atoms with E-state index in [1.807, 2.05) is 0 Å². The Morgan fingerprint density at radius 1 is 1.12 bits per heavy atom. The van der Waals surface area contributed by atoms with Gasteiger partial charge in [0, 0.05) is 5.57 Å². The molecule has 1 aromatic carbocycles. The molecule has 0 bridgehead atoms. The van der Waals surface area contributed by atoms with E-state index in [2.05, 4.69) is 39.8 Å². The molecule has 25 heavy (non-hydrogen) atoms.